The van der Waals surface area contributed by atoms with Gasteiger partial charge in [0.2, 0.25) is 0 Å². The van der Waals surface area contributed by atoms with E-state index in [1.54, 1.807) is 0 Å². The molecule has 0 unspecified atom stereocenters. The molecule has 0 radical (unpaired) electrons. The number of piperazine rings is 3. The first kappa shape index (κ1) is 10.9. The highest BCUT2D eigenvalue weighted by Gasteiger charge is 2.39. The van der Waals surface area contributed by atoms with Crippen molar-refractivity contribution in [2.45, 2.75) is 0 Å². The second-order valence-electron chi connectivity index (χ2n) is 3.98. The number of hydrogen-bond acceptors (Lipinski definition) is 2. The Labute approximate surface area is 89.0 Å². The number of hydrogen-bond donors (Lipinski definition) is 1. The number of halogens is 1. The summed E-state index contributed by atoms with van der Waals surface area (Å²) in [4.78, 5) is 13.3. The van der Waals surface area contributed by atoms with Crippen LogP contribution in [-0.4, -0.2) is 61.1 Å². The number of primary amides is 1. The highest BCUT2D eigenvalue weighted by molar-refractivity contribution is 5.74. The number of carbonyl (C=O) groups excluding carboxylic acids is 1. The molecular weight excluding hydrogens is 234 g/mol. The van der Waals surface area contributed by atoms with Gasteiger partial charge >= 0.3 is 0 Å². The maximum atomic E-state index is 10.8. The zero-order valence-corrected chi connectivity index (χ0v) is 9.29. The molecule has 0 saturated carbocycles. The van der Waals surface area contributed by atoms with Gasteiger partial charge in [-0.25, -0.2) is 0 Å². The van der Waals surface area contributed by atoms with E-state index >= 15 is 0 Å². The van der Waals surface area contributed by atoms with Gasteiger partial charge in [0.1, 0.15) is 0 Å². The molecule has 3 fully saturated rings. The molecule has 5 heteroatoms. The van der Waals surface area contributed by atoms with Crippen LogP contribution in [0.2, 0.25) is 0 Å². The minimum Gasteiger partial charge on any atom is -1.00 e. The molecule has 3 aliphatic rings. The molecule has 0 aromatic heterocycles. The zero-order valence-electron chi connectivity index (χ0n) is 7.71. The molecule has 3 saturated heterocycles. The van der Waals surface area contributed by atoms with Crippen LogP contribution in [0.4, 0.5) is 0 Å². The third kappa shape index (κ3) is 2.21. The normalized spacial score (nSPS) is 36.8. The Kier molecular flexibility index (Phi) is 3.32. The van der Waals surface area contributed by atoms with E-state index in [9.17, 15) is 4.79 Å². The van der Waals surface area contributed by atoms with Gasteiger partial charge in [-0.3, -0.25) is 9.69 Å². The summed E-state index contributed by atoms with van der Waals surface area (Å²) in [7, 11) is 0. The quantitative estimate of drug-likeness (QED) is 0.503. The van der Waals surface area contributed by atoms with Crippen LogP contribution in [0.25, 0.3) is 0 Å². The number of carbonyl (C=O) groups is 1. The first-order chi connectivity index (χ1) is 5.70. The van der Waals surface area contributed by atoms with Gasteiger partial charge in [-0.1, -0.05) is 0 Å². The summed E-state index contributed by atoms with van der Waals surface area (Å²) in [6.07, 6.45) is 0. The maximum Gasteiger partial charge on any atom is 0.272 e. The topological polar surface area (TPSA) is 46.3 Å². The largest absolute Gasteiger partial charge is 1.00 e. The van der Waals surface area contributed by atoms with Crippen LogP contribution in [0.5, 0.6) is 0 Å². The van der Waals surface area contributed by atoms with Crippen LogP contribution in [0.3, 0.4) is 0 Å². The fourth-order valence-electron chi connectivity index (χ4n) is 2.30. The SMILES string of the molecule is NC(=O)C[N+]12CCN(CC1)CC2.[Br-]. The van der Waals surface area contributed by atoms with E-state index in [4.69, 9.17) is 5.73 Å². The van der Waals surface area contributed by atoms with Crippen LogP contribution in [0.15, 0.2) is 0 Å². The van der Waals surface area contributed by atoms with E-state index in [-0.39, 0.29) is 22.9 Å². The Bertz CT molecular complexity index is 188. The molecule has 0 aromatic carbocycles. The van der Waals surface area contributed by atoms with Crippen molar-refractivity contribution in [3.8, 4) is 0 Å². The maximum absolute atomic E-state index is 10.8. The van der Waals surface area contributed by atoms with Crippen LogP contribution < -0.4 is 22.7 Å². The fourth-order valence-corrected chi connectivity index (χ4v) is 2.30. The average Bonchev–Trinajstić information content (AvgIpc) is 2.05. The Morgan fingerprint density at radius 1 is 1.23 bits per heavy atom. The molecule has 4 nitrogen and oxygen atoms in total. The van der Waals surface area contributed by atoms with Crippen LogP contribution in [0, 0.1) is 0 Å². The van der Waals surface area contributed by atoms with Crippen molar-refractivity contribution in [2.24, 2.45) is 5.73 Å². The molecule has 3 rings (SSSR count). The molecule has 0 spiro atoms. The van der Waals surface area contributed by atoms with E-state index < -0.39 is 0 Å². The average molecular weight is 250 g/mol. The number of amides is 1. The van der Waals surface area contributed by atoms with Gasteiger partial charge in [0.05, 0.1) is 19.6 Å². The first-order valence-electron chi connectivity index (χ1n) is 4.56. The van der Waals surface area contributed by atoms with Crippen molar-refractivity contribution in [2.75, 3.05) is 45.8 Å². The minimum absolute atomic E-state index is 0. The lowest BCUT2D eigenvalue weighted by atomic mass is 10.1. The van der Waals surface area contributed by atoms with Gasteiger partial charge in [0.25, 0.3) is 5.91 Å². The number of rotatable bonds is 2. The van der Waals surface area contributed by atoms with Crippen molar-refractivity contribution < 1.29 is 26.3 Å². The highest BCUT2D eigenvalue weighted by atomic mass is 79.9. The summed E-state index contributed by atoms with van der Waals surface area (Å²) in [6.45, 7) is 7.33. The van der Waals surface area contributed by atoms with Crippen molar-refractivity contribution in [1.29, 1.82) is 0 Å². The Morgan fingerprint density at radius 2 is 1.69 bits per heavy atom. The standard InChI is InChI=1S/C8H15N3O.BrH/c9-8(12)7-11-4-1-10(2-5-11)3-6-11;/h1-7H2,(H-,9,12);1H. The van der Waals surface area contributed by atoms with Gasteiger partial charge in [0, 0.05) is 19.6 Å². The van der Waals surface area contributed by atoms with Gasteiger partial charge in [-0.15, -0.1) is 0 Å². The predicted octanol–water partition coefficient (Wildman–Crippen LogP) is -4.38. The third-order valence-electron chi connectivity index (χ3n) is 3.16. The number of nitrogens with two attached hydrogens (primary N) is 1. The Morgan fingerprint density at radius 3 is 2.08 bits per heavy atom. The summed E-state index contributed by atoms with van der Waals surface area (Å²) < 4.78 is 0.950. The van der Waals surface area contributed by atoms with Gasteiger partial charge < -0.3 is 27.2 Å². The summed E-state index contributed by atoms with van der Waals surface area (Å²) in [5.74, 6) is -0.148. The summed E-state index contributed by atoms with van der Waals surface area (Å²) in [5.41, 5.74) is 5.23. The van der Waals surface area contributed by atoms with E-state index in [1.165, 1.54) is 0 Å². The molecule has 0 aliphatic carbocycles. The fraction of sp³-hybridized carbons (Fsp3) is 0.875. The molecule has 2 N–H and O–H groups in total. The number of quaternary nitrogens is 1. The van der Waals surface area contributed by atoms with E-state index in [1.807, 2.05) is 0 Å². The first-order valence-corrected chi connectivity index (χ1v) is 4.56. The molecule has 76 valence electrons. The highest BCUT2D eigenvalue weighted by Crippen LogP contribution is 2.18. The van der Waals surface area contributed by atoms with Gasteiger partial charge in [-0.2, -0.15) is 0 Å². The van der Waals surface area contributed by atoms with Crippen LogP contribution in [0.1, 0.15) is 0 Å². The molecule has 0 atom stereocenters. The lowest BCUT2D eigenvalue weighted by Gasteiger charge is -2.49. The van der Waals surface area contributed by atoms with Crippen LogP contribution in [-0.2, 0) is 4.79 Å². The predicted molar refractivity (Wildman–Crippen MR) is 45.4 cm³/mol. The summed E-state index contributed by atoms with van der Waals surface area (Å²) >= 11 is 0. The molecule has 3 heterocycles. The third-order valence-corrected chi connectivity index (χ3v) is 3.16. The molecule has 1 amide bonds. The van der Waals surface area contributed by atoms with Crippen molar-refractivity contribution in [3.05, 3.63) is 0 Å². The number of nitrogens with zero attached hydrogens (tertiary/aromatic N) is 2. The Balaban J connectivity index is 0.000000845. The Hall–Kier alpha value is -0.130. The molecule has 13 heavy (non-hydrogen) atoms. The van der Waals surface area contributed by atoms with Crippen molar-refractivity contribution in [1.82, 2.24) is 4.90 Å². The van der Waals surface area contributed by atoms with E-state index in [2.05, 4.69) is 4.90 Å². The van der Waals surface area contributed by atoms with Crippen molar-refractivity contribution in [3.63, 3.8) is 0 Å². The molecular formula is C8H16BrN3O. The molecule has 0 aromatic rings. The lowest BCUT2D eigenvalue weighted by molar-refractivity contribution is -0.933. The summed E-state index contributed by atoms with van der Waals surface area (Å²) in [5, 5.41) is 0. The second-order valence-corrected chi connectivity index (χ2v) is 3.98. The van der Waals surface area contributed by atoms with Crippen LogP contribution >= 0.6 is 0 Å². The van der Waals surface area contributed by atoms with Gasteiger partial charge in [-0.05, 0) is 0 Å². The summed E-state index contributed by atoms with van der Waals surface area (Å²) in [6, 6.07) is 0. The zero-order chi connectivity index (χ0) is 8.60. The minimum atomic E-state index is -0.148. The molecule has 2 bridgehead atoms. The second kappa shape index (κ2) is 3.94. The van der Waals surface area contributed by atoms with E-state index in [0.717, 1.165) is 43.8 Å². The number of fused-ring (bicyclic) bond motifs is 3. The van der Waals surface area contributed by atoms with Gasteiger partial charge in [0.15, 0.2) is 6.54 Å². The monoisotopic (exact) mass is 249 g/mol. The molecule has 3 aliphatic heterocycles. The lowest BCUT2D eigenvalue weighted by Crippen LogP contribution is -3.00. The van der Waals surface area contributed by atoms with E-state index in [0.29, 0.717) is 6.54 Å². The van der Waals surface area contributed by atoms with Crippen molar-refractivity contribution >= 4 is 5.91 Å². The smallest absolute Gasteiger partial charge is 0.272 e.